The van der Waals surface area contributed by atoms with Crippen LogP contribution in [0.2, 0.25) is 0 Å². The van der Waals surface area contributed by atoms with Crippen molar-refractivity contribution in [2.24, 2.45) is 11.8 Å². The van der Waals surface area contributed by atoms with Crippen LogP contribution in [-0.2, 0) is 9.53 Å². The Morgan fingerprint density at radius 1 is 1.45 bits per heavy atom. The van der Waals surface area contributed by atoms with Crippen LogP contribution in [0.15, 0.2) is 6.07 Å². The predicted octanol–water partition coefficient (Wildman–Crippen LogP) is 3.61. The number of thiophene rings is 1. The summed E-state index contributed by atoms with van der Waals surface area (Å²) in [5, 5.41) is 3.68. The highest BCUT2D eigenvalue weighted by Crippen LogP contribution is 2.33. The molecule has 20 heavy (non-hydrogen) atoms. The van der Waals surface area contributed by atoms with Crippen molar-refractivity contribution < 1.29 is 14.3 Å². The maximum absolute atomic E-state index is 12.2. The molecule has 1 aliphatic rings. The molecule has 0 radical (unpaired) electrons. The number of anilines is 1. The fourth-order valence-electron chi connectivity index (χ4n) is 2.69. The lowest BCUT2D eigenvalue weighted by atomic mass is 9.97. The summed E-state index contributed by atoms with van der Waals surface area (Å²) in [6, 6.07) is 1.84. The lowest BCUT2D eigenvalue weighted by Gasteiger charge is -2.13. The first-order valence-electron chi connectivity index (χ1n) is 7.11. The molecule has 0 saturated heterocycles. The third-order valence-corrected chi connectivity index (χ3v) is 4.96. The van der Waals surface area contributed by atoms with Gasteiger partial charge in [0, 0.05) is 5.92 Å². The van der Waals surface area contributed by atoms with E-state index in [-0.39, 0.29) is 17.8 Å². The SMILES string of the molecule is CCOC(=O)c1sc(NC(=O)C2CCCC2C)cc1C. The van der Waals surface area contributed by atoms with Crippen molar-refractivity contribution in [2.75, 3.05) is 11.9 Å². The number of ether oxygens (including phenoxy) is 1. The zero-order valence-electron chi connectivity index (χ0n) is 12.2. The van der Waals surface area contributed by atoms with E-state index in [9.17, 15) is 9.59 Å². The highest BCUT2D eigenvalue weighted by atomic mass is 32.1. The largest absolute Gasteiger partial charge is 0.462 e. The number of carbonyl (C=O) groups excluding carboxylic acids is 2. The molecule has 1 aromatic heterocycles. The maximum Gasteiger partial charge on any atom is 0.348 e. The fraction of sp³-hybridized carbons (Fsp3) is 0.600. The molecule has 1 fully saturated rings. The molecule has 1 aliphatic carbocycles. The van der Waals surface area contributed by atoms with Gasteiger partial charge in [0.05, 0.1) is 11.6 Å². The van der Waals surface area contributed by atoms with Gasteiger partial charge in [0.25, 0.3) is 0 Å². The van der Waals surface area contributed by atoms with Crippen molar-refractivity contribution in [3.8, 4) is 0 Å². The van der Waals surface area contributed by atoms with Crippen LogP contribution in [0.25, 0.3) is 0 Å². The Kier molecular flexibility index (Phi) is 4.81. The van der Waals surface area contributed by atoms with E-state index < -0.39 is 0 Å². The first-order chi connectivity index (χ1) is 9.52. The van der Waals surface area contributed by atoms with Gasteiger partial charge in [-0.2, -0.15) is 0 Å². The van der Waals surface area contributed by atoms with E-state index in [0.717, 1.165) is 29.8 Å². The van der Waals surface area contributed by atoms with Gasteiger partial charge in [0.2, 0.25) is 5.91 Å². The molecule has 1 aromatic rings. The van der Waals surface area contributed by atoms with Crippen LogP contribution in [0, 0.1) is 18.8 Å². The van der Waals surface area contributed by atoms with Crippen molar-refractivity contribution in [1.82, 2.24) is 0 Å². The quantitative estimate of drug-likeness (QED) is 0.863. The minimum Gasteiger partial charge on any atom is -0.462 e. The van der Waals surface area contributed by atoms with Crippen molar-refractivity contribution >= 4 is 28.2 Å². The van der Waals surface area contributed by atoms with E-state index in [0.29, 0.717) is 17.4 Å². The van der Waals surface area contributed by atoms with E-state index in [2.05, 4.69) is 12.2 Å². The number of carbonyl (C=O) groups is 2. The summed E-state index contributed by atoms with van der Waals surface area (Å²) >= 11 is 1.29. The zero-order chi connectivity index (χ0) is 14.7. The molecule has 1 N–H and O–H groups in total. The van der Waals surface area contributed by atoms with Gasteiger partial charge >= 0.3 is 5.97 Å². The van der Waals surface area contributed by atoms with Gasteiger partial charge in [0.15, 0.2) is 0 Å². The average molecular weight is 295 g/mol. The summed E-state index contributed by atoms with van der Waals surface area (Å²) in [5.74, 6) is 0.306. The summed E-state index contributed by atoms with van der Waals surface area (Å²) in [6.45, 7) is 6.13. The van der Waals surface area contributed by atoms with Gasteiger partial charge in [0.1, 0.15) is 4.88 Å². The zero-order valence-corrected chi connectivity index (χ0v) is 13.0. The van der Waals surface area contributed by atoms with E-state index in [4.69, 9.17) is 4.74 Å². The second-order valence-corrected chi connectivity index (χ2v) is 6.40. The third-order valence-electron chi connectivity index (χ3n) is 3.82. The molecular formula is C15H21NO3S. The van der Waals surface area contributed by atoms with Crippen LogP contribution in [0.4, 0.5) is 5.00 Å². The minimum absolute atomic E-state index is 0.0756. The van der Waals surface area contributed by atoms with E-state index in [1.807, 2.05) is 13.0 Å². The first-order valence-corrected chi connectivity index (χ1v) is 7.93. The molecule has 2 rings (SSSR count). The number of esters is 1. The van der Waals surface area contributed by atoms with Gasteiger partial charge in [-0.05, 0) is 44.2 Å². The van der Waals surface area contributed by atoms with Crippen LogP contribution in [0.5, 0.6) is 0 Å². The van der Waals surface area contributed by atoms with Crippen molar-refractivity contribution in [1.29, 1.82) is 0 Å². The summed E-state index contributed by atoms with van der Waals surface area (Å²) in [7, 11) is 0. The molecule has 1 amide bonds. The molecule has 1 saturated carbocycles. The molecular weight excluding hydrogens is 274 g/mol. The number of aryl methyl sites for hydroxylation is 1. The number of hydrogen-bond donors (Lipinski definition) is 1. The van der Waals surface area contributed by atoms with Crippen LogP contribution in [-0.4, -0.2) is 18.5 Å². The standard InChI is InChI=1S/C15H21NO3S/c1-4-19-15(18)13-10(3)8-12(20-13)16-14(17)11-7-5-6-9(11)2/h8-9,11H,4-7H2,1-3H3,(H,16,17). The topological polar surface area (TPSA) is 55.4 Å². The Balaban J connectivity index is 2.05. The van der Waals surface area contributed by atoms with Crippen molar-refractivity contribution in [3.63, 3.8) is 0 Å². The van der Waals surface area contributed by atoms with Crippen LogP contribution in [0.1, 0.15) is 48.3 Å². The Morgan fingerprint density at radius 3 is 2.80 bits per heavy atom. The smallest absolute Gasteiger partial charge is 0.348 e. The predicted molar refractivity (Wildman–Crippen MR) is 80.1 cm³/mol. The van der Waals surface area contributed by atoms with Crippen molar-refractivity contribution in [3.05, 3.63) is 16.5 Å². The van der Waals surface area contributed by atoms with Crippen LogP contribution >= 0.6 is 11.3 Å². The first kappa shape index (κ1) is 15.0. The normalized spacial score (nSPS) is 21.8. The number of rotatable bonds is 4. The van der Waals surface area contributed by atoms with E-state index in [1.165, 1.54) is 11.3 Å². The van der Waals surface area contributed by atoms with Gasteiger partial charge in [-0.3, -0.25) is 4.79 Å². The molecule has 4 nitrogen and oxygen atoms in total. The number of amides is 1. The third kappa shape index (κ3) is 3.20. The molecule has 0 aliphatic heterocycles. The number of nitrogens with one attached hydrogen (secondary N) is 1. The summed E-state index contributed by atoms with van der Waals surface area (Å²) < 4.78 is 5.00. The molecule has 2 unspecified atom stereocenters. The highest BCUT2D eigenvalue weighted by molar-refractivity contribution is 7.18. The molecule has 0 aromatic carbocycles. The Labute approximate surface area is 123 Å². The Morgan fingerprint density at radius 2 is 2.20 bits per heavy atom. The molecule has 2 atom stereocenters. The summed E-state index contributed by atoms with van der Waals surface area (Å²) in [4.78, 5) is 24.5. The molecule has 110 valence electrons. The van der Waals surface area contributed by atoms with E-state index >= 15 is 0 Å². The maximum atomic E-state index is 12.2. The average Bonchev–Trinajstić information content (AvgIpc) is 2.96. The van der Waals surface area contributed by atoms with Gasteiger partial charge < -0.3 is 10.1 Å². The minimum atomic E-state index is -0.315. The van der Waals surface area contributed by atoms with Crippen LogP contribution < -0.4 is 5.32 Å². The molecule has 5 heteroatoms. The summed E-state index contributed by atoms with van der Waals surface area (Å²) in [5.41, 5.74) is 0.850. The van der Waals surface area contributed by atoms with E-state index in [1.54, 1.807) is 6.92 Å². The Hall–Kier alpha value is -1.36. The van der Waals surface area contributed by atoms with Gasteiger partial charge in [-0.1, -0.05) is 13.3 Å². The van der Waals surface area contributed by atoms with Crippen LogP contribution in [0.3, 0.4) is 0 Å². The monoisotopic (exact) mass is 295 g/mol. The lowest BCUT2D eigenvalue weighted by molar-refractivity contribution is -0.120. The molecule has 0 spiro atoms. The molecule has 0 bridgehead atoms. The fourth-order valence-corrected chi connectivity index (χ4v) is 3.66. The summed E-state index contributed by atoms with van der Waals surface area (Å²) in [6.07, 6.45) is 3.20. The number of hydrogen-bond acceptors (Lipinski definition) is 4. The van der Waals surface area contributed by atoms with Crippen molar-refractivity contribution in [2.45, 2.75) is 40.0 Å². The Bertz CT molecular complexity index is 509. The second kappa shape index (κ2) is 6.39. The highest BCUT2D eigenvalue weighted by Gasteiger charge is 2.30. The van der Waals surface area contributed by atoms with Gasteiger partial charge in [-0.15, -0.1) is 11.3 Å². The second-order valence-electron chi connectivity index (χ2n) is 5.35. The molecule has 1 heterocycles. The lowest BCUT2D eigenvalue weighted by Crippen LogP contribution is -2.24. The van der Waals surface area contributed by atoms with Gasteiger partial charge in [-0.25, -0.2) is 4.79 Å².